The van der Waals surface area contributed by atoms with Gasteiger partial charge in [-0.3, -0.25) is 4.79 Å². The summed E-state index contributed by atoms with van der Waals surface area (Å²) in [5.74, 6) is -1.39. The van der Waals surface area contributed by atoms with Gasteiger partial charge >= 0.3 is 5.97 Å². The molecule has 0 fully saturated rings. The topological polar surface area (TPSA) is 109 Å². The van der Waals surface area contributed by atoms with E-state index in [1.54, 1.807) is 6.92 Å². The molecular weight excluding hydrogens is 396 g/mol. The van der Waals surface area contributed by atoms with Crippen LogP contribution in [0.15, 0.2) is 48.0 Å². The highest BCUT2D eigenvalue weighted by Gasteiger charge is 2.15. The Morgan fingerprint density at radius 2 is 1.97 bits per heavy atom. The Morgan fingerprint density at radius 1 is 1.24 bits per heavy atom. The first-order chi connectivity index (χ1) is 13.9. The van der Waals surface area contributed by atoms with Gasteiger partial charge in [0.1, 0.15) is 11.6 Å². The Balaban J connectivity index is 2.23. The molecule has 1 amide bonds. The average molecular weight is 415 g/mol. The molecule has 0 radical (unpaired) electrons. The van der Waals surface area contributed by atoms with Crippen LogP contribution in [-0.4, -0.2) is 30.2 Å². The average Bonchev–Trinajstić information content (AvgIpc) is 2.70. The second kappa shape index (κ2) is 10.7. The van der Waals surface area contributed by atoms with Crippen LogP contribution in [0.3, 0.4) is 0 Å². The Hall–Kier alpha value is -3.50. The zero-order valence-electron chi connectivity index (χ0n) is 15.6. The number of hydrogen-bond acceptors (Lipinski definition) is 5. The van der Waals surface area contributed by atoms with Gasteiger partial charge in [0.2, 0.25) is 0 Å². The maximum Gasteiger partial charge on any atom is 0.341 e. The normalized spacial score (nSPS) is 10.7. The molecule has 0 saturated heterocycles. The van der Waals surface area contributed by atoms with Gasteiger partial charge in [-0.25, -0.2) is 4.79 Å². The van der Waals surface area contributed by atoms with Gasteiger partial charge in [0, 0.05) is 6.54 Å². The van der Waals surface area contributed by atoms with Crippen LogP contribution >= 0.6 is 11.6 Å². The smallest absolute Gasteiger partial charge is 0.341 e. The molecule has 0 bridgehead atoms. The van der Waals surface area contributed by atoms with Gasteiger partial charge in [0.05, 0.1) is 11.6 Å². The SMILES string of the molecule is CCOc1cc(/C=C(\C#N)C(=O)NCc2ccccc2)cc(Cl)c1OCC(=O)O. The van der Waals surface area contributed by atoms with Gasteiger partial charge in [-0.1, -0.05) is 41.9 Å². The van der Waals surface area contributed by atoms with Crippen molar-refractivity contribution in [3.05, 3.63) is 64.2 Å². The fourth-order valence-electron chi connectivity index (χ4n) is 2.40. The summed E-state index contributed by atoms with van der Waals surface area (Å²) < 4.78 is 10.6. The number of benzene rings is 2. The summed E-state index contributed by atoms with van der Waals surface area (Å²) >= 11 is 6.19. The van der Waals surface area contributed by atoms with E-state index in [-0.39, 0.29) is 35.2 Å². The van der Waals surface area contributed by atoms with Gasteiger partial charge in [-0.2, -0.15) is 5.26 Å². The van der Waals surface area contributed by atoms with E-state index < -0.39 is 18.5 Å². The van der Waals surface area contributed by atoms with Gasteiger partial charge in [0.25, 0.3) is 5.91 Å². The van der Waals surface area contributed by atoms with E-state index in [0.29, 0.717) is 5.56 Å². The number of rotatable bonds is 9. The number of ether oxygens (including phenoxy) is 2. The van der Waals surface area contributed by atoms with E-state index >= 15 is 0 Å². The molecule has 0 aromatic heterocycles. The monoisotopic (exact) mass is 414 g/mol. The maximum absolute atomic E-state index is 12.3. The second-order valence-electron chi connectivity index (χ2n) is 5.78. The number of aliphatic carboxylic acids is 1. The summed E-state index contributed by atoms with van der Waals surface area (Å²) in [5.41, 5.74) is 1.23. The number of hydrogen-bond donors (Lipinski definition) is 2. The molecule has 2 aromatic carbocycles. The Morgan fingerprint density at radius 3 is 2.59 bits per heavy atom. The van der Waals surface area contributed by atoms with Gasteiger partial charge in [-0.15, -0.1) is 0 Å². The quantitative estimate of drug-likeness (QED) is 0.480. The zero-order chi connectivity index (χ0) is 21.2. The summed E-state index contributed by atoms with van der Waals surface area (Å²) in [5, 5.41) is 20.9. The van der Waals surface area contributed by atoms with Crippen molar-refractivity contribution in [2.75, 3.05) is 13.2 Å². The molecule has 0 aliphatic rings. The largest absolute Gasteiger partial charge is 0.490 e. The predicted molar refractivity (Wildman–Crippen MR) is 108 cm³/mol. The van der Waals surface area contributed by atoms with E-state index in [1.807, 2.05) is 36.4 Å². The molecular formula is C21H19ClN2O5. The lowest BCUT2D eigenvalue weighted by Gasteiger charge is -2.13. The van der Waals surface area contributed by atoms with Crippen molar-refractivity contribution in [1.82, 2.24) is 5.32 Å². The van der Waals surface area contributed by atoms with E-state index in [4.69, 9.17) is 26.2 Å². The minimum Gasteiger partial charge on any atom is -0.490 e. The van der Waals surface area contributed by atoms with Crippen LogP contribution in [0.25, 0.3) is 6.08 Å². The van der Waals surface area contributed by atoms with Crippen molar-refractivity contribution in [2.45, 2.75) is 13.5 Å². The number of carboxylic acid groups (broad SMARTS) is 1. The number of nitrogens with one attached hydrogen (secondary N) is 1. The second-order valence-corrected chi connectivity index (χ2v) is 6.19. The Labute approximate surface area is 173 Å². The molecule has 2 N–H and O–H groups in total. The summed E-state index contributed by atoms with van der Waals surface area (Å²) in [6.45, 7) is 1.73. The molecule has 0 heterocycles. The molecule has 7 nitrogen and oxygen atoms in total. The Kier molecular flexibility index (Phi) is 8.07. The zero-order valence-corrected chi connectivity index (χ0v) is 16.4. The molecule has 0 spiro atoms. The minimum atomic E-state index is -1.16. The third-order valence-electron chi connectivity index (χ3n) is 3.64. The van der Waals surface area contributed by atoms with E-state index in [0.717, 1.165) is 5.56 Å². The minimum absolute atomic E-state index is 0.0834. The summed E-state index contributed by atoms with van der Waals surface area (Å²) in [4.78, 5) is 23.1. The van der Waals surface area contributed by atoms with Crippen LogP contribution in [0.4, 0.5) is 0 Å². The lowest BCUT2D eigenvalue weighted by Crippen LogP contribution is -2.23. The number of halogens is 1. The van der Waals surface area contributed by atoms with Crippen LogP contribution in [0, 0.1) is 11.3 Å². The molecule has 0 aliphatic heterocycles. The number of carboxylic acids is 1. The number of carbonyl (C=O) groups excluding carboxylic acids is 1. The molecule has 0 atom stereocenters. The van der Waals surface area contributed by atoms with Crippen molar-refractivity contribution in [1.29, 1.82) is 5.26 Å². The number of amides is 1. The van der Waals surface area contributed by atoms with Crippen molar-refractivity contribution in [3.8, 4) is 17.6 Å². The highest BCUT2D eigenvalue weighted by Crippen LogP contribution is 2.37. The lowest BCUT2D eigenvalue weighted by molar-refractivity contribution is -0.139. The standard InChI is InChI=1S/C21H19ClN2O5/c1-2-28-18-10-15(9-17(22)20(18)29-13-19(25)26)8-16(11-23)21(27)24-12-14-6-4-3-5-7-14/h3-10H,2,12-13H2,1H3,(H,24,27)(H,25,26)/b16-8+. The van der Waals surface area contributed by atoms with Gasteiger partial charge in [0.15, 0.2) is 18.1 Å². The van der Waals surface area contributed by atoms with E-state index in [2.05, 4.69) is 5.32 Å². The fraction of sp³-hybridized carbons (Fsp3) is 0.190. The molecule has 0 aliphatic carbocycles. The molecule has 2 aromatic rings. The van der Waals surface area contributed by atoms with Crippen LogP contribution < -0.4 is 14.8 Å². The number of nitriles is 1. The van der Waals surface area contributed by atoms with Crippen LogP contribution in [0.2, 0.25) is 5.02 Å². The lowest BCUT2D eigenvalue weighted by atomic mass is 10.1. The number of carbonyl (C=O) groups is 2. The fourth-order valence-corrected chi connectivity index (χ4v) is 2.67. The third-order valence-corrected chi connectivity index (χ3v) is 3.92. The maximum atomic E-state index is 12.3. The molecule has 8 heteroatoms. The summed E-state index contributed by atoms with van der Waals surface area (Å²) in [6, 6.07) is 14.2. The van der Waals surface area contributed by atoms with Crippen molar-refractivity contribution >= 4 is 29.6 Å². The van der Waals surface area contributed by atoms with Crippen LogP contribution in [-0.2, 0) is 16.1 Å². The highest BCUT2D eigenvalue weighted by atomic mass is 35.5. The van der Waals surface area contributed by atoms with Crippen LogP contribution in [0.1, 0.15) is 18.1 Å². The first-order valence-corrected chi connectivity index (χ1v) is 9.07. The molecule has 2 rings (SSSR count). The molecule has 0 saturated carbocycles. The van der Waals surface area contributed by atoms with E-state index in [1.165, 1.54) is 18.2 Å². The highest BCUT2D eigenvalue weighted by molar-refractivity contribution is 6.32. The molecule has 0 unspecified atom stereocenters. The van der Waals surface area contributed by atoms with Crippen molar-refractivity contribution in [3.63, 3.8) is 0 Å². The Bertz CT molecular complexity index is 952. The number of nitrogens with zero attached hydrogens (tertiary/aromatic N) is 1. The van der Waals surface area contributed by atoms with E-state index in [9.17, 15) is 14.9 Å². The third kappa shape index (κ3) is 6.55. The molecule has 150 valence electrons. The first-order valence-electron chi connectivity index (χ1n) is 8.69. The van der Waals surface area contributed by atoms with Crippen molar-refractivity contribution in [2.24, 2.45) is 0 Å². The van der Waals surface area contributed by atoms with Crippen LogP contribution in [0.5, 0.6) is 11.5 Å². The van der Waals surface area contributed by atoms with Gasteiger partial charge in [-0.05, 0) is 36.3 Å². The first kappa shape index (κ1) is 21.8. The van der Waals surface area contributed by atoms with Gasteiger partial charge < -0.3 is 19.9 Å². The predicted octanol–water partition coefficient (Wildman–Crippen LogP) is 3.43. The van der Waals surface area contributed by atoms with Crippen molar-refractivity contribution < 1.29 is 24.2 Å². The summed E-state index contributed by atoms with van der Waals surface area (Å²) in [7, 11) is 0. The molecule has 29 heavy (non-hydrogen) atoms. The summed E-state index contributed by atoms with van der Waals surface area (Å²) in [6.07, 6.45) is 1.37.